The Balaban J connectivity index is 2.33. The van der Waals surface area contributed by atoms with E-state index in [1.807, 2.05) is 7.11 Å². The molecule has 1 saturated carbocycles. The molecule has 0 bridgehead atoms. The van der Waals surface area contributed by atoms with E-state index in [0.29, 0.717) is 6.10 Å². The third-order valence-electron chi connectivity index (χ3n) is 2.46. The lowest BCUT2D eigenvalue weighted by molar-refractivity contribution is 0.0589. The van der Waals surface area contributed by atoms with E-state index in [-0.39, 0.29) is 0 Å². The van der Waals surface area contributed by atoms with Crippen molar-refractivity contribution in [1.82, 2.24) is 0 Å². The SMILES string of the molecule is C/C=C\[C@@H]1CCCC(OC)C1. The standard InChI is InChI=1S/C10H18O/c1-3-5-9-6-4-7-10(8-9)11-2/h3,5,9-10H,4,6-8H2,1-2H3/b5-3-/t9-,10?/m1/s1. The summed E-state index contributed by atoms with van der Waals surface area (Å²) in [4.78, 5) is 0. The lowest BCUT2D eigenvalue weighted by Crippen LogP contribution is -2.20. The molecule has 2 atom stereocenters. The number of rotatable bonds is 2. The first-order valence-electron chi connectivity index (χ1n) is 4.52. The van der Waals surface area contributed by atoms with Gasteiger partial charge < -0.3 is 4.74 Å². The van der Waals surface area contributed by atoms with Gasteiger partial charge in [0.15, 0.2) is 0 Å². The van der Waals surface area contributed by atoms with Crippen molar-refractivity contribution in [3.05, 3.63) is 12.2 Å². The minimum Gasteiger partial charge on any atom is -0.381 e. The van der Waals surface area contributed by atoms with E-state index in [0.717, 1.165) is 5.92 Å². The lowest BCUT2D eigenvalue weighted by atomic mass is 9.87. The molecule has 0 aliphatic heterocycles. The van der Waals surface area contributed by atoms with Crippen LogP contribution in [-0.4, -0.2) is 13.2 Å². The second-order valence-electron chi connectivity index (χ2n) is 3.31. The molecule has 1 heteroatoms. The van der Waals surface area contributed by atoms with Gasteiger partial charge in [0.2, 0.25) is 0 Å². The lowest BCUT2D eigenvalue weighted by Gasteiger charge is -2.25. The summed E-state index contributed by atoms with van der Waals surface area (Å²) < 4.78 is 5.33. The van der Waals surface area contributed by atoms with Crippen LogP contribution >= 0.6 is 0 Å². The zero-order chi connectivity index (χ0) is 8.10. The van der Waals surface area contributed by atoms with Gasteiger partial charge in [-0.2, -0.15) is 0 Å². The van der Waals surface area contributed by atoms with Crippen molar-refractivity contribution in [2.45, 2.75) is 38.7 Å². The van der Waals surface area contributed by atoms with Crippen LogP contribution in [-0.2, 0) is 4.74 Å². The normalized spacial score (nSPS) is 32.9. The summed E-state index contributed by atoms with van der Waals surface area (Å²) in [5.41, 5.74) is 0. The molecular formula is C10H18O. The van der Waals surface area contributed by atoms with Gasteiger partial charge in [0, 0.05) is 7.11 Å². The summed E-state index contributed by atoms with van der Waals surface area (Å²) in [5, 5.41) is 0. The topological polar surface area (TPSA) is 9.23 Å². The van der Waals surface area contributed by atoms with Gasteiger partial charge in [-0.25, -0.2) is 0 Å². The largest absolute Gasteiger partial charge is 0.381 e. The highest BCUT2D eigenvalue weighted by molar-refractivity contribution is 4.89. The molecule has 1 aliphatic carbocycles. The molecule has 0 N–H and O–H groups in total. The van der Waals surface area contributed by atoms with Crippen molar-refractivity contribution in [1.29, 1.82) is 0 Å². The maximum atomic E-state index is 5.33. The molecule has 0 amide bonds. The summed E-state index contributed by atoms with van der Waals surface area (Å²) in [5.74, 6) is 0.777. The van der Waals surface area contributed by atoms with Crippen molar-refractivity contribution in [2.75, 3.05) is 7.11 Å². The average molecular weight is 154 g/mol. The van der Waals surface area contributed by atoms with Gasteiger partial charge >= 0.3 is 0 Å². The molecule has 1 fully saturated rings. The Bertz CT molecular complexity index is 129. The van der Waals surface area contributed by atoms with E-state index < -0.39 is 0 Å². The Hall–Kier alpha value is -0.300. The predicted molar refractivity (Wildman–Crippen MR) is 47.6 cm³/mol. The van der Waals surface area contributed by atoms with Crippen LogP contribution in [0.3, 0.4) is 0 Å². The minimum absolute atomic E-state index is 0.518. The number of methoxy groups -OCH3 is 1. The van der Waals surface area contributed by atoms with Crippen molar-refractivity contribution in [3.8, 4) is 0 Å². The van der Waals surface area contributed by atoms with E-state index in [1.54, 1.807) is 0 Å². The molecule has 1 nitrogen and oxygen atoms in total. The molecular weight excluding hydrogens is 136 g/mol. The van der Waals surface area contributed by atoms with Crippen LogP contribution in [0.1, 0.15) is 32.6 Å². The van der Waals surface area contributed by atoms with Crippen molar-refractivity contribution < 1.29 is 4.74 Å². The second kappa shape index (κ2) is 4.55. The van der Waals surface area contributed by atoms with Gasteiger partial charge in [-0.15, -0.1) is 0 Å². The van der Waals surface area contributed by atoms with Gasteiger partial charge in [0.05, 0.1) is 6.10 Å². The van der Waals surface area contributed by atoms with Crippen LogP contribution in [0.25, 0.3) is 0 Å². The van der Waals surface area contributed by atoms with Gasteiger partial charge in [0.1, 0.15) is 0 Å². The fourth-order valence-electron chi connectivity index (χ4n) is 1.84. The first kappa shape index (κ1) is 8.79. The highest BCUT2D eigenvalue weighted by Gasteiger charge is 2.18. The number of allylic oxidation sites excluding steroid dienone is 2. The van der Waals surface area contributed by atoms with Crippen LogP contribution < -0.4 is 0 Å². The Kier molecular flexibility index (Phi) is 3.64. The van der Waals surface area contributed by atoms with Gasteiger partial charge in [0.25, 0.3) is 0 Å². The summed E-state index contributed by atoms with van der Waals surface area (Å²) in [6.45, 7) is 2.09. The third-order valence-corrected chi connectivity index (χ3v) is 2.46. The Morgan fingerprint density at radius 2 is 2.18 bits per heavy atom. The molecule has 0 saturated heterocycles. The number of hydrogen-bond donors (Lipinski definition) is 0. The smallest absolute Gasteiger partial charge is 0.0577 e. The van der Waals surface area contributed by atoms with Crippen LogP contribution in [0, 0.1) is 5.92 Å². The zero-order valence-electron chi connectivity index (χ0n) is 7.55. The molecule has 0 aromatic carbocycles. The van der Waals surface area contributed by atoms with Gasteiger partial charge in [-0.05, 0) is 32.1 Å². The quantitative estimate of drug-likeness (QED) is 0.556. The van der Waals surface area contributed by atoms with E-state index in [1.165, 1.54) is 25.7 Å². The molecule has 1 aliphatic rings. The predicted octanol–water partition coefficient (Wildman–Crippen LogP) is 2.77. The fraction of sp³-hybridized carbons (Fsp3) is 0.800. The molecule has 0 aromatic heterocycles. The van der Waals surface area contributed by atoms with Crippen molar-refractivity contribution in [3.63, 3.8) is 0 Å². The zero-order valence-corrected chi connectivity index (χ0v) is 7.55. The second-order valence-corrected chi connectivity index (χ2v) is 3.31. The Morgan fingerprint density at radius 1 is 1.36 bits per heavy atom. The third kappa shape index (κ3) is 2.66. The van der Waals surface area contributed by atoms with Gasteiger partial charge in [-0.1, -0.05) is 18.6 Å². The van der Waals surface area contributed by atoms with E-state index in [2.05, 4.69) is 19.1 Å². The van der Waals surface area contributed by atoms with Crippen LogP contribution in [0.15, 0.2) is 12.2 Å². The Morgan fingerprint density at radius 3 is 2.82 bits per heavy atom. The van der Waals surface area contributed by atoms with Crippen LogP contribution in [0.5, 0.6) is 0 Å². The summed E-state index contributed by atoms with van der Waals surface area (Å²) in [6, 6.07) is 0. The first-order valence-corrected chi connectivity index (χ1v) is 4.52. The maximum Gasteiger partial charge on any atom is 0.0577 e. The molecule has 11 heavy (non-hydrogen) atoms. The average Bonchev–Trinajstić information content (AvgIpc) is 2.06. The highest BCUT2D eigenvalue weighted by atomic mass is 16.5. The Labute approximate surface area is 69.4 Å². The number of ether oxygens (including phenoxy) is 1. The summed E-state index contributed by atoms with van der Waals surface area (Å²) in [6.07, 6.45) is 10.1. The highest BCUT2D eigenvalue weighted by Crippen LogP contribution is 2.26. The van der Waals surface area contributed by atoms with Crippen LogP contribution in [0.4, 0.5) is 0 Å². The molecule has 0 spiro atoms. The summed E-state index contributed by atoms with van der Waals surface area (Å²) in [7, 11) is 1.82. The van der Waals surface area contributed by atoms with Gasteiger partial charge in [-0.3, -0.25) is 0 Å². The number of hydrogen-bond acceptors (Lipinski definition) is 1. The van der Waals surface area contributed by atoms with E-state index in [4.69, 9.17) is 4.74 Å². The van der Waals surface area contributed by atoms with Crippen molar-refractivity contribution >= 4 is 0 Å². The van der Waals surface area contributed by atoms with E-state index >= 15 is 0 Å². The fourth-order valence-corrected chi connectivity index (χ4v) is 1.84. The first-order chi connectivity index (χ1) is 5.36. The summed E-state index contributed by atoms with van der Waals surface area (Å²) >= 11 is 0. The molecule has 0 aromatic rings. The molecule has 0 heterocycles. The molecule has 1 unspecified atom stereocenters. The molecule has 0 radical (unpaired) electrons. The maximum absolute atomic E-state index is 5.33. The minimum atomic E-state index is 0.518. The van der Waals surface area contributed by atoms with E-state index in [9.17, 15) is 0 Å². The molecule has 64 valence electrons. The van der Waals surface area contributed by atoms with Crippen molar-refractivity contribution in [2.24, 2.45) is 5.92 Å². The molecule has 1 rings (SSSR count). The van der Waals surface area contributed by atoms with Crippen LogP contribution in [0.2, 0.25) is 0 Å². The monoisotopic (exact) mass is 154 g/mol.